The van der Waals surface area contributed by atoms with E-state index in [9.17, 15) is 12.8 Å². The summed E-state index contributed by atoms with van der Waals surface area (Å²) in [4.78, 5) is 0.271. The van der Waals surface area contributed by atoms with Gasteiger partial charge in [-0.1, -0.05) is 53.6 Å². The number of hydrogen-bond donors (Lipinski definition) is 0. The van der Waals surface area contributed by atoms with E-state index in [-0.39, 0.29) is 16.8 Å². The van der Waals surface area contributed by atoms with Crippen molar-refractivity contribution >= 4 is 27.3 Å². The highest BCUT2D eigenvalue weighted by molar-refractivity contribution is 7.92. The van der Waals surface area contributed by atoms with E-state index in [0.717, 1.165) is 17.5 Å². The summed E-state index contributed by atoms with van der Waals surface area (Å²) in [5.41, 5.74) is 3.28. The summed E-state index contributed by atoms with van der Waals surface area (Å²) in [6.07, 6.45) is 2.45. The first-order chi connectivity index (χ1) is 14.4. The molecule has 0 aliphatic carbocycles. The summed E-state index contributed by atoms with van der Waals surface area (Å²) >= 11 is 5.86. The Morgan fingerprint density at radius 3 is 2.53 bits per heavy atom. The van der Waals surface area contributed by atoms with Crippen molar-refractivity contribution in [1.82, 2.24) is 0 Å². The van der Waals surface area contributed by atoms with Gasteiger partial charge in [0.1, 0.15) is 5.82 Å². The van der Waals surface area contributed by atoms with Gasteiger partial charge in [-0.25, -0.2) is 12.8 Å². The van der Waals surface area contributed by atoms with Crippen molar-refractivity contribution in [3.63, 3.8) is 0 Å². The molecule has 0 saturated heterocycles. The second-order valence-electron chi connectivity index (χ2n) is 7.71. The molecule has 0 amide bonds. The highest BCUT2D eigenvalue weighted by Gasteiger charge is 2.35. The van der Waals surface area contributed by atoms with Gasteiger partial charge in [0.25, 0.3) is 10.0 Å². The topological polar surface area (TPSA) is 37.4 Å². The van der Waals surface area contributed by atoms with Crippen LogP contribution in [-0.2, 0) is 22.9 Å². The predicted molar refractivity (Wildman–Crippen MR) is 119 cm³/mol. The van der Waals surface area contributed by atoms with Crippen LogP contribution in [0.2, 0.25) is 5.02 Å². The summed E-state index contributed by atoms with van der Waals surface area (Å²) in [5, 5.41) is 0.353. The minimum Gasteiger partial charge on any atom is -0.263 e. The van der Waals surface area contributed by atoms with Crippen LogP contribution in [0.5, 0.6) is 0 Å². The van der Waals surface area contributed by atoms with Crippen molar-refractivity contribution in [2.24, 2.45) is 0 Å². The molecule has 0 saturated carbocycles. The van der Waals surface area contributed by atoms with E-state index in [1.165, 1.54) is 6.07 Å². The van der Waals surface area contributed by atoms with Crippen molar-refractivity contribution in [3.05, 3.63) is 94.3 Å². The average molecular weight is 444 g/mol. The summed E-state index contributed by atoms with van der Waals surface area (Å²) in [6, 6.07) is 18.9. The molecule has 3 aromatic carbocycles. The molecule has 0 spiro atoms. The maximum absolute atomic E-state index is 14.3. The number of halogens is 2. The molecule has 3 aromatic rings. The van der Waals surface area contributed by atoms with Gasteiger partial charge in [0.2, 0.25) is 0 Å². The lowest BCUT2D eigenvalue weighted by Gasteiger charge is -2.38. The fourth-order valence-corrected chi connectivity index (χ4v) is 5.94. The highest BCUT2D eigenvalue weighted by Crippen LogP contribution is 2.37. The Bertz CT molecular complexity index is 1160. The summed E-state index contributed by atoms with van der Waals surface area (Å²) in [5.74, 6) is -0.355. The number of hydrogen-bond acceptors (Lipinski definition) is 2. The number of aryl methyl sites for hydroxylation is 3. The lowest BCUT2D eigenvalue weighted by Crippen LogP contribution is -2.44. The first-order valence-corrected chi connectivity index (χ1v) is 11.8. The van der Waals surface area contributed by atoms with E-state index < -0.39 is 10.0 Å². The van der Waals surface area contributed by atoms with Gasteiger partial charge in [0.05, 0.1) is 10.6 Å². The van der Waals surface area contributed by atoms with E-state index in [1.54, 1.807) is 40.7 Å². The maximum Gasteiger partial charge on any atom is 0.264 e. The first kappa shape index (κ1) is 20.9. The Morgan fingerprint density at radius 2 is 1.80 bits per heavy atom. The number of rotatable bonds is 5. The second-order valence-corrected chi connectivity index (χ2v) is 9.96. The molecule has 0 radical (unpaired) electrons. The van der Waals surface area contributed by atoms with Crippen LogP contribution in [0.25, 0.3) is 0 Å². The van der Waals surface area contributed by atoms with Crippen molar-refractivity contribution in [2.45, 2.75) is 43.5 Å². The average Bonchev–Trinajstić information content (AvgIpc) is 2.73. The Hall–Kier alpha value is -2.37. The normalized spacial score (nSPS) is 16.4. The molecule has 0 fully saturated rings. The largest absolute Gasteiger partial charge is 0.264 e. The van der Waals surface area contributed by atoms with Crippen LogP contribution in [0.1, 0.15) is 29.5 Å². The van der Waals surface area contributed by atoms with Crippen molar-refractivity contribution in [3.8, 4) is 0 Å². The lowest BCUT2D eigenvalue weighted by molar-refractivity contribution is 0.517. The minimum atomic E-state index is -3.74. The maximum atomic E-state index is 14.3. The number of fused-ring (bicyclic) bond motifs is 1. The smallest absolute Gasteiger partial charge is 0.263 e. The van der Waals surface area contributed by atoms with Crippen LogP contribution in [0.3, 0.4) is 0 Å². The fraction of sp³-hybridized carbons (Fsp3) is 0.250. The molecule has 0 bridgehead atoms. The third-order valence-electron chi connectivity index (χ3n) is 5.65. The fourth-order valence-electron chi connectivity index (χ4n) is 4.03. The lowest BCUT2D eigenvalue weighted by atomic mass is 9.94. The van der Waals surface area contributed by atoms with Crippen LogP contribution >= 0.6 is 11.6 Å². The predicted octanol–water partition coefficient (Wildman–Crippen LogP) is 5.93. The van der Waals surface area contributed by atoms with E-state index in [4.69, 9.17) is 11.6 Å². The third-order valence-corrected chi connectivity index (χ3v) is 7.76. The van der Waals surface area contributed by atoms with Crippen molar-refractivity contribution < 1.29 is 12.8 Å². The highest BCUT2D eigenvalue weighted by atomic mass is 35.5. The Balaban J connectivity index is 1.69. The molecule has 3 nitrogen and oxygen atoms in total. The Labute approximate surface area is 182 Å². The van der Waals surface area contributed by atoms with Gasteiger partial charge in [-0.05, 0) is 74.1 Å². The molecule has 4 rings (SSSR count). The van der Waals surface area contributed by atoms with Gasteiger partial charge < -0.3 is 0 Å². The van der Waals surface area contributed by atoms with Gasteiger partial charge in [0.15, 0.2) is 0 Å². The number of benzene rings is 3. The van der Waals surface area contributed by atoms with Gasteiger partial charge in [-0.3, -0.25) is 4.31 Å². The Kier molecular flexibility index (Phi) is 5.85. The monoisotopic (exact) mass is 443 g/mol. The van der Waals surface area contributed by atoms with E-state index in [0.29, 0.717) is 35.5 Å². The molecule has 1 atom stereocenters. The molecule has 156 valence electrons. The van der Waals surface area contributed by atoms with Gasteiger partial charge in [-0.15, -0.1) is 0 Å². The van der Waals surface area contributed by atoms with E-state index >= 15 is 0 Å². The SMILES string of the molecule is Cc1ccc(S(=O)(=O)N2c3ccccc3CCC2CCc2ccc(Cl)cc2F)cc1. The number of nitrogens with zero attached hydrogens (tertiary/aromatic N) is 1. The second kappa shape index (κ2) is 8.40. The number of para-hydroxylation sites is 1. The van der Waals surface area contributed by atoms with E-state index in [2.05, 4.69) is 0 Å². The summed E-state index contributed by atoms with van der Waals surface area (Å²) < 4.78 is 43.1. The van der Waals surface area contributed by atoms with Crippen LogP contribution in [0.15, 0.2) is 71.6 Å². The molecule has 0 aromatic heterocycles. The van der Waals surface area contributed by atoms with Gasteiger partial charge in [-0.2, -0.15) is 0 Å². The number of sulfonamides is 1. The van der Waals surface area contributed by atoms with Crippen molar-refractivity contribution in [2.75, 3.05) is 4.31 Å². The van der Waals surface area contributed by atoms with Crippen LogP contribution < -0.4 is 4.31 Å². The van der Waals surface area contributed by atoms with Crippen LogP contribution in [-0.4, -0.2) is 14.5 Å². The van der Waals surface area contributed by atoms with Crippen LogP contribution in [0.4, 0.5) is 10.1 Å². The zero-order chi connectivity index (χ0) is 21.3. The molecule has 6 heteroatoms. The van der Waals surface area contributed by atoms with Crippen molar-refractivity contribution in [1.29, 1.82) is 0 Å². The first-order valence-electron chi connectivity index (χ1n) is 9.99. The molecule has 30 heavy (non-hydrogen) atoms. The Morgan fingerprint density at radius 1 is 1.07 bits per heavy atom. The molecule has 1 aliphatic rings. The van der Waals surface area contributed by atoms with Gasteiger partial charge in [0, 0.05) is 11.1 Å². The quantitative estimate of drug-likeness (QED) is 0.490. The minimum absolute atomic E-state index is 0.249. The molecular weight excluding hydrogens is 421 g/mol. The molecule has 1 unspecified atom stereocenters. The molecular formula is C24H23ClFNO2S. The molecule has 1 heterocycles. The van der Waals surface area contributed by atoms with Crippen LogP contribution in [0, 0.1) is 12.7 Å². The zero-order valence-corrected chi connectivity index (χ0v) is 18.3. The zero-order valence-electron chi connectivity index (χ0n) is 16.7. The number of anilines is 1. The molecule has 0 N–H and O–H groups in total. The summed E-state index contributed by atoms with van der Waals surface area (Å²) in [6.45, 7) is 1.93. The third kappa shape index (κ3) is 4.09. The van der Waals surface area contributed by atoms with E-state index in [1.807, 2.05) is 31.2 Å². The van der Waals surface area contributed by atoms with Gasteiger partial charge >= 0.3 is 0 Å². The standard InChI is InChI=1S/C24H23ClFNO2S/c1-17-6-14-22(15-7-17)30(28,29)27-21(13-10-19-4-2-3-5-24(19)27)12-9-18-8-11-20(25)16-23(18)26/h2-8,11,14-16,21H,9-10,12-13H2,1H3. The summed E-state index contributed by atoms with van der Waals surface area (Å²) in [7, 11) is -3.74. The molecule has 1 aliphatic heterocycles.